The van der Waals surface area contributed by atoms with Gasteiger partial charge in [0.25, 0.3) is 0 Å². The Morgan fingerprint density at radius 1 is 1.39 bits per heavy atom. The van der Waals surface area contributed by atoms with Crippen LogP contribution in [0.2, 0.25) is 0 Å². The van der Waals surface area contributed by atoms with Gasteiger partial charge in [0, 0.05) is 22.6 Å². The van der Waals surface area contributed by atoms with Crippen LogP contribution in [-0.2, 0) is 6.54 Å². The zero-order valence-corrected chi connectivity index (χ0v) is 12.5. The van der Waals surface area contributed by atoms with Gasteiger partial charge in [-0.3, -0.25) is 0 Å². The third-order valence-electron chi connectivity index (χ3n) is 2.93. The maximum Gasteiger partial charge on any atom is 0.165 e. The molecule has 18 heavy (non-hydrogen) atoms. The molecule has 4 heteroatoms. The molecule has 1 saturated carbocycles. The molecule has 0 bridgehead atoms. The van der Waals surface area contributed by atoms with Crippen molar-refractivity contribution in [1.82, 2.24) is 5.32 Å². The number of rotatable bonds is 7. The van der Waals surface area contributed by atoms with E-state index in [1.807, 2.05) is 6.07 Å². The summed E-state index contributed by atoms with van der Waals surface area (Å²) in [5, 5.41) is 3.51. The molecule has 100 valence electrons. The van der Waals surface area contributed by atoms with Gasteiger partial charge in [0.2, 0.25) is 0 Å². The van der Waals surface area contributed by atoms with Crippen LogP contribution in [0.5, 0.6) is 11.5 Å². The van der Waals surface area contributed by atoms with Crippen LogP contribution in [0.1, 0.15) is 31.7 Å². The Morgan fingerprint density at radius 2 is 2.17 bits per heavy atom. The number of methoxy groups -OCH3 is 1. The third kappa shape index (κ3) is 3.62. The van der Waals surface area contributed by atoms with Crippen molar-refractivity contribution in [2.75, 3.05) is 13.7 Å². The van der Waals surface area contributed by atoms with Gasteiger partial charge in [-0.05, 0) is 31.4 Å². The molecule has 1 aromatic carbocycles. The molecule has 0 aromatic heterocycles. The minimum Gasteiger partial charge on any atom is -0.493 e. The molecule has 1 fully saturated rings. The monoisotopic (exact) mass is 313 g/mol. The Hall–Kier alpha value is -0.740. The zero-order chi connectivity index (χ0) is 13.0. The molecule has 3 nitrogen and oxygen atoms in total. The molecule has 0 heterocycles. The molecular formula is C14H20BrNO2. The number of ether oxygens (including phenoxy) is 2. The standard InChI is InChI=1S/C14H20BrNO2/c1-3-6-18-14-10(9-16-12-4-5-12)7-11(15)8-13(14)17-2/h7-8,12,16H,3-6,9H2,1-2H3. The second-order valence-corrected chi connectivity index (χ2v) is 5.52. The molecule has 0 spiro atoms. The van der Waals surface area contributed by atoms with E-state index in [4.69, 9.17) is 9.47 Å². The van der Waals surface area contributed by atoms with E-state index in [9.17, 15) is 0 Å². The van der Waals surface area contributed by atoms with Crippen LogP contribution >= 0.6 is 15.9 Å². The van der Waals surface area contributed by atoms with Crippen molar-refractivity contribution < 1.29 is 9.47 Å². The fourth-order valence-corrected chi connectivity index (χ4v) is 2.30. The normalized spacial score (nSPS) is 14.6. The van der Waals surface area contributed by atoms with Crippen LogP contribution in [0.4, 0.5) is 0 Å². The summed E-state index contributed by atoms with van der Waals surface area (Å²) < 4.78 is 12.3. The average Bonchev–Trinajstić information content (AvgIpc) is 3.18. The van der Waals surface area contributed by atoms with Crippen LogP contribution in [0.3, 0.4) is 0 Å². The molecule has 1 aliphatic rings. The molecule has 1 N–H and O–H groups in total. The second kappa shape index (κ2) is 6.43. The van der Waals surface area contributed by atoms with Crippen molar-refractivity contribution in [3.8, 4) is 11.5 Å². The van der Waals surface area contributed by atoms with Gasteiger partial charge in [-0.1, -0.05) is 22.9 Å². The van der Waals surface area contributed by atoms with Gasteiger partial charge < -0.3 is 14.8 Å². The number of hydrogen-bond acceptors (Lipinski definition) is 3. The summed E-state index contributed by atoms with van der Waals surface area (Å²) in [5.74, 6) is 1.67. The number of hydrogen-bond donors (Lipinski definition) is 1. The summed E-state index contributed by atoms with van der Waals surface area (Å²) >= 11 is 3.52. The van der Waals surface area contributed by atoms with Crippen LogP contribution in [0.25, 0.3) is 0 Å². The summed E-state index contributed by atoms with van der Waals surface area (Å²) in [6.45, 7) is 3.65. The summed E-state index contributed by atoms with van der Waals surface area (Å²) in [7, 11) is 1.68. The van der Waals surface area contributed by atoms with E-state index >= 15 is 0 Å². The van der Waals surface area contributed by atoms with E-state index in [2.05, 4.69) is 34.2 Å². The van der Waals surface area contributed by atoms with Gasteiger partial charge in [0.05, 0.1) is 13.7 Å². The average molecular weight is 314 g/mol. The first-order chi connectivity index (χ1) is 8.74. The lowest BCUT2D eigenvalue weighted by atomic mass is 10.2. The Bertz CT molecular complexity index is 405. The predicted octanol–water partition coefficient (Wildman–Crippen LogP) is 3.50. The Labute approximate surface area is 117 Å². The Morgan fingerprint density at radius 3 is 2.78 bits per heavy atom. The quantitative estimate of drug-likeness (QED) is 0.835. The molecule has 0 radical (unpaired) electrons. The topological polar surface area (TPSA) is 30.5 Å². The highest BCUT2D eigenvalue weighted by molar-refractivity contribution is 9.10. The highest BCUT2D eigenvalue weighted by Crippen LogP contribution is 2.35. The highest BCUT2D eigenvalue weighted by Gasteiger charge is 2.21. The molecule has 0 amide bonds. The number of benzene rings is 1. The smallest absolute Gasteiger partial charge is 0.165 e. The fourth-order valence-electron chi connectivity index (χ4n) is 1.82. The third-order valence-corrected chi connectivity index (χ3v) is 3.38. The van der Waals surface area contributed by atoms with E-state index < -0.39 is 0 Å². The predicted molar refractivity (Wildman–Crippen MR) is 76.3 cm³/mol. The van der Waals surface area contributed by atoms with Crippen LogP contribution in [0, 0.1) is 0 Å². The van der Waals surface area contributed by atoms with Crippen molar-refractivity contribution in [2.24, 2.45) is 0 Å². The maximum absolute atomic E-state index is 5.83. The van der Waals surface area contributed by atoms with Gasteiger partial charge >= 0.3 is 0 Å². The molecule has 0 aliphatic heterocycles. The highest BCUT2D eigenvalue weighted by atomic mass is 79.9. The first kappa shape index (κ1) is 13.7. The molecule has 0 unspecified atom stereocenters. The number of halogens is 1. The summed E-state index contributed by atoms with van der Waals surface area (Å²) in [5.41, 5.74) is 1.15. The largest absolute Gasteiger partial charge is 0.493 e. The Kier molecular flexibility index (Phi) is 4.89. The lowest BCUT2D eigenvalue weighted by Gasteiger charge is -2.16. The maximum atomic E-state index is 5.83. The van der Waals surface area contributed by atoms with Crippen molar-refractivity contribution in [2.45, 2.75) is 38.8 Å². The molecule has 1 aromatic rings. The SMILES string of the molecule is CCCOc1c(CNC2CC2)cc(Br)cc1OC. The van der Waals surface area contributed by atoms with Crippen molar-refractivity contribution in [3.05, 3.63) is 22.2 Å². The minimum absolute atomic E-state index is 0.689. The van der Waals surface area contributed by atoms with Gasteiger partial charge in [-0.15, -0.1) is 0 Å². The lowest BCUT2D eigenvalue weighted by molar-refractivity contribution is 0.290. The molecule has 0 atom stereocenters. The van der Waals surface area contributed by atoms with Gasteiger partial charge in [0.1, 0.15) is 0 Å². The van der Waals surface area contributed by atoms with E-state index in [0.717, 1.165) is 34.5 Å². The van der Waals surface area contributed by atoms with E-state index in [-0.39, 0.29) is 0 Å². The van der Waals surface area contributed by atoms with Crippen LogP contribution in [0.15, 0.2) is 16.6 Å². The van der Waals surface area contributed by atoms with E-state index in [0.29, 0.717) is 12.6 Å². The second-order valence-electron chi connectivity index (χ2n) is 4.60. The minimum atomic E-state index is 0.689. The van der Waals surface area contributed by atoms with E-state index in [1.54, 1.807) is 7.11 Å². The number of nitrogens with one attached hydrogen (secondary N) is 1. The van der Waals surface area contributed by atoms with Crippen molar-refractivity contribution in [3.63, 3.8) is 0 Å². The van der Waals surface area contributed by atoms with Crippen molar-refractivity contribution >= 4 is 15.9 Å². The van der Waals surface area contributed by atoms with E-state index in [1.165, 1.54) is 12.8 Å². The summed E-state index contributed by atoms with van der Waals surface area (Å²) in [4.78, 5) is 0. The van der Waals surface area contributed by atoms with Gasteiger partial charge in [-0.25, -0.2) is 0 Å². The first-order valence-corrected chi connectivity index (χ1v) is 7.26. The molecule has 0 saturated heterocycles. The van der Waals surface area contributed by atoms with Crippen LogP contribution < -0.4 is 14.8 Å². The van der Waals surface area contributed by atoms with Crippen LogP contribution in [-0.4, -0.2) is 19.8 Å². The summed E-state index contributed by atoms with van der Waals surface area (Å²) in [6.07, 6.45) is 3.57. The fraction of sp³-hybridized carbons (Fsp3) is 0.571. The summed E-state index contributed by atoms with van der Waals surface area (Å²) in [6, 6.07) is 4.74. The molecule has 2 rings (SSSR count). The lowest BCUT2D eigenvalue weighted by Crippen LogP contribution is -2.16. The van der Waals surface area contributed by atoms with Crippen molar-refractivity contribution in [1.29, 1.82) is 0 Å². The zero-order valence-electron chi connectivity index (χ0n) is 11.0. The molecule has 1 aliphatic carbocycles. The van der Waals surface area contributed by atoms with Gasteiger partial charge in [0.15, 0.2) is 11.5 Å². The first-order valence-electron chi connectivity index (χ1n) is 6.47. The Balaban J connectivity index is 2.17. The van der Waals surface area contributed by atoms with Gasteiger partial charge in [-0.2, -0.15) is 0 Å². The molecular weight excluding hydrogens is 294 g/mol.